The van der Waals surface area contributed by atoms with Gasteiger partial charge < -0.3 is 24.2 Å². The largest absolute Gasteiger partial charge is 0.493 e. The highest BCUT2D eigenvalue weighted by atomic mass is 16.5. The molecule has 1 atom stereocenters. The minimum Gasteiger partial charge on any atom is -0.493 e. The van der Waals surface area contributed by atoms with E-state index in [4.69, 9.17) is 14.0 Å². The third kappa shape index (κ3) is 4.75. The quantitative estimate of drug-likeness (QED) is 0.630. The molecular weight excluding hydrogens is 370 g/mol. The predicted octanol–water partition coefficient (Wildman–Crippen LogP) is 3.39. The van der Waals surface area contributed by atoms with E-state index in [0.29, 0.717) is 23.8 Å². The van der Waals surface area contributed by atoms with Crippen LogP contribution >= 0.6 is 0 Å². The maximum atomic E-state index is 12.6. The molecule has 1 aromatic heterocycles. The molecule has 1 amide bonds. The van der Waals surface area contributed by atoms with Gasteiger partial charge in [-0.2, -0.15) is 0 Å². The van der Waals surface area contributed by atoms with Crippen LogP contribution in [-0.2, 0) is 0 Å². The standard InChI is InChI=1S/C22H25N3O4/c1-25(2)18(16-10-11-19(27-3)21(12-16)28-4)14-23-22(26)17-13-20(29-24-17)15-8-6-5-7-9-15/h5-13,18H,14H2,1-4H3,(H,23,26). The number of hydrogen-bond acceptors (Lipinski definition) is 6. The maximum Gasteiger partial charge on any atom is 0.273 e. The number of carbonyl (C=O) groups excluding carboxylic acids is 1. The number of benzene rings is 2. The Hall–Kier alpha value is -3.32. The van der Waals surface area contributed by atoms with Gasteiger partial charge in [-0.1, -0.05) is 41.6 Å². The number of rotatable bonds is 8. The molecule has 1 unspecified atom stereocenters. The zero-order chi connectivity index (χ0) is 20.8. The van der Waals surface area contributed by atoms with Crippen LogP contribution in [0, 0.1) is 0 Å². The zero-order valence-electron chi connectivity index (χ0n) is 17.0. The van der Waals surface area contributed by atoms with E-state index in [0.717, 1.165) is 11.1 Å². The number of aromatic nitrogens is 1. The summed E-state index contributed by atoms with van der Waals surface area (Å²) in [6, 6.07) is 16.9. The van der Waals surface area contributed by atoms with E-state index in [-0.39, 0.29) is 17.6 Å². The molecule has 3 aromatic rings. The lowest BCUT2D eigenvalue weighted by Gasteiger charge is -2.25. The van der Waals surface area contributed by atoms with Crippen molar-refractivity contribution in [3.8, 4) is 22.8 Å². The lowest BCUT2D eigenvalue weighted by atomic mass is 10.0. The van der Waals surface area contributed by atoms with Gasteiger partial charge in [-0.3, -0.25) is 4.79 Å². The number of nitrogens with one attached hydrogen (secondary N) is 1. The molecule has 3 rings (SSSR count). The number of likely N-dealkylation sites (N-methyl/N-ethyl adjacent to an activating group) is 1. The second-order valence-electron chi connectivity index (χ2n) is 6.75. The molecule has 0 saturated heterocycles. The fraction of sp³-hybridized carbons (Fsp3) is 0.273. The van der Waals surface area contributed by atoms with E-state index < -0.39 is 0 Å². The number of amides is 1. The van der Waals surface area contributed by atoms with Crippen LogP contribution in [0.15, 0.2) is 59.1 Å². The van der Waals surface area contributed by atoms with Gasteiger partial charge in [0.1, 0.15) is 0 Å². The van der Waals surface area contributed by atoms with Crippen molar-refractivity contribution in [3.63, 3.8) is 0 Å². The summed E-state index contributed by atoms with van der Waals surface area (Å²) in [6.45, 7) is 0.398. The van der Waals surface area contributed by atoms with Crippen LogP contribution in [0.1, 0.15) is 22.1 Å². The highest BCUT2D eigenvalue weighted by Gasteiger charge is 2.20. The first kappa shape index (κ1) is 20.4. The van der Waals surface area contributed by atoms with Crippen LogP contribution in [0.25, 0.3) is 11.3 Å². The molecule has 0 radical (unpaired) electrons. The van der Waals surface area contributed by atoms with E-state index in [1.807, 2.05) is 67.5 Å². The monoisotopic (exact) mass is 395 g/mol. The Morgan fingerprint density at radius 1 is 1.07 bits per heavy atom. The molecule has 0 aliphatic carbocycles. The van der Waals surface area contributed by atoms with Crippen molar-refractivity contribution in [1.82, 2.24) is 15.4 Å². The van der Waals surface area contributed by atoms with Gasteiger partial charge in [0.25, 0.3) is 5.91 Å². The van der Waals surface area contributed by atoms with Gasteiger partial charge in [0.2, 0.25) is 0 Å². The zero-order valence-corrected chi connectivity index (χ0v) is 17.0. The number of hydrogen-bond donors (Lipinski definition) is 1. The number of ether oxygens (including phenoxy) is 2. The maximum absolute atomic E-state index is 12.6. The number of nitrogens with zero attached hydrogens (tertiary/aromatic N) is 2. The first-order valence-corrected chi connectivity index (χ1v) is 9.22. The fourth-order valence-electron chi connectivity index (χ4n) is 3.06. The van der Waals surface area contributed by atoms with Crippen molar-refractivity contribution in [2.75, 3.05) is 34.9 Å². The molecule has 0 fully saturated rings. The van der Waals surface area contributed by atoms with Crippen molar-refractivity contribution < 1.29 is 18.8 Å². The van der Waals surface area contributed by atoms with Gasteiger partial charge in [-0.15, -0.1) is 0 Å². The Bertz CT molecular complexity index is 954. The van der Waals surface area contributed by atoms with Crippen molar-refractivity contribution >= 4 is 5.91 Å². The summed E-state index contributed by atoms with van der Waals surface area (Å²) < 4.78 is 16.0. The molecule has 0 aliphatic rings. The van der Waals surface area contributed by atoms with Gasteiger partial charge in [-0.25, -0.2) is 0 Å². The van der Waals surface area contributed by atoms with Gasteiger partial charge in [-0.05, 0) is 31.8 Å². The predicted molar refractivity (Wildman–Crippen MR) is 110 cm³/mol. The smallest absolute Gasteiger partial charge is 0.273 e. The molecule has 1 N–H and O–H groups in total. The highest BCUT2D eigenvalue weighted by molar-refractivity contribution is 5.93. The average molecular weight is 395 g/mol. The first-order valence-electron chi connectivity index (χ1n) is 9.22. The molecule has 0 aliphatic heterocycles. The second-order valence-corrected chi connectivity index (χ2v) is 6.75. The molecule has 0 saturated carbocycles. The minimum absolute atomic E-state index is 0.0562. The second kappa shape index (κ2) is 9.25. The van der Waals surface area contributed by atoms with E-state index in [1.54, 1.807) is 20.3 Å². The Labute approximate surface area is 170 Å². The highest BCUT2D eigenvalue weighted by Crippen LogP contribution is 2.31. The Balaban J connectivity index is 1.71. The third-order valence-electron chi connectivity index (χ3n) is 4.67. The van der Waals surface area contributed by atoms with E-state index in [9.17, 15) is 4.79 Å². The molecule has 152 valence electrons. The van der Waals surface area contributed by atoms with Crippen LogP contribution in [0.3, 0.4) is 0 Å². The molecule has 7 nitrogen and oxygen atoms in total. The molecule has 0 spiro atoms. The van der Waals surface area contributed by atoms with Crippen molar-refractivity contribution in [3.05, 3.63) is 65.9 Å². The van der Waals surface area contributed by atoms with E-state index in [2.05, 4.69) is 10.5 Å². The van der Waals surface area contributed by atoms with Gasteiger partial charge in [0.05, 0.1) is 20.3 Å². The lowest BCUT2D eigenvalue weighted by molar-refractivity contribution is 0.0933. The van der Waals surface area contributed by atoms with Crippen LogP contribution < -0.4 is 14.8 Å². The van der Waals surface area contributed by atoms with Crippen molar-refractivity contribution in [1.29, 1.82) is 0 Å². The van der Waals surface area contributed by atoms with Gasteiger partial charge in [0, 0.05) is 18.2 Å². The lowest BCUT2D eigenvalue weighted by Crippen LogP contribution is -2.34. The summed E-state index contributed by atoms with van der Waals surface area (Å²) >= 11 is 0. The molecule has 2 aromatic carbocycles. The Morgan fingerprint density at radius 3 is 2.45 bits per heavy atom. The third-order valence-corrected chi connectivity index (χ3v) is 4.67. The van der Waals surface area contributed by atoms with Gasteiger partial charge >= 0.3 is 0 Å². The van der Waals surface area contributed by atoms with Crippen LogP contribution in [0.4, 0.5) is 0 Å². The topological polar surface area (TPSA) is 76.8 Å². The summed E-state index contributed by atoms with van der Waals surface area (Å²) in [6.07, 6.45) is 0. The summed E-state index contributed by atoms with van der Waals surface area (Å²) in [7, 11) is 7.11. The van der Waals surface area contributed by atoms with Crippen molar-refractivity contribution in [2.24, 2.45) is 0 Å². The van der Waals surface area contributed by atoms with E-state index >= 15 is 0 Å². The Morgan fingerprint density at radius 2 is 1.79 bits per heavy atom. The normalized spacial score (nSPS) is 11.9. The van der Waals surface area contributed by atoms with Crippen LogP contribution in [0.2, 0.25) is 0 Å². The fourth-order valence-corrected chi connectivity index (χ4v) is 3.06. The molecule has 0 bridgehead atoms. The molecule has 1 heterocycles. The summed E-state index contributed by atoms with van der Waals surface area (Å²) in [5.41, 5.74) is 2.11. The first-order chi connectivity index (χ1) is 14.0. The van der Waals surface area contributed by atoms with Crippen molar-refractivity contribution in [2.45, 2.75) is 6.04 Å². The minimum atomic E-state index is -0.289. The Kier molecular flexibility index (Phi) is 6.51. The number of carbonyl (C=O) groups is 1. The molecule has 7 heteroatoms. The van der Waals surface area contributed by atoms with Crippen LogP contribution in [0.5, 0.6) is 11.5 Å². The summed E-state index contributed by atoms with van der Waals surface area (Å²) in [4.78, 5) is 14.6. The molecular formula is C22H25N3O4. The average Bonchev–Trinajstić information content (AvgIpc) is 3.24. The summed E-state index contributed by atoms with van der Waals surface area (Å²) in [5, 5.41) is 6.84. The SMILES string of the molecule is COc1ccc(C(CNC(=O)c2cc(-c3ccccc3)on2)N(C)C)cc1OC. The van der Waals surface area contributed by atoms with Crippen LogP contribution in [-0.4, -0.2) is 50.8 Å². The number of methoxy groups -OCH3 is 2. The van der Waals surface area contributed by atoms with E-state index in [1.165, 1.54) is 0 Å². The molecule has 29 heavy (non-hydrogen) atoms. The van der Waals surface area contributed by atoms with Gasteiger partial charge in [0.15, 0.2) is 23.0 Å². The summed E-state index contributed by atoms with van der Waals surface area (Å²) in [5.74, 6) is 1.57.